The van der Waals surface area contributed by atoms with E-state index < -0.39 is 110 Å². The van der Waals surface area contributed by atoms with Gasteiger partial charge in [-0.15, -0.1) is 0 Å². The maximum Gasteiger partial charge on any atom is 0.339 e. The molecule has 0 spiro atoms. The number of carbonyl (C=O) groups excluding carboxylic acids is 3. The summed E-state index contributed by atoms with van der Waals surface area (Å²) in [4.78, 5) is 52.7. The Morgan fingerprint density at radius 1 is 0.696 bits per heavy atom. The summed E-state index contributed by atoms with van der Waals surface area (Å²) in [7, 11) is 1.85. The molecule has 0 aliphatic carbocycles. The van der Waals surface area contributed by atoms with Gasteiger partial charge in [0.1, 0.15) is 36.6 Å². The Morgan fingerprint density at radius 3 is 1.89 bits per heavy atom. The number of hydrogen-bond donors (Lipinski definition) is 6. The number of aliphatic carboxylic acids is 1. The van der Waals surface area contributed by atoms with E-state index in [2.05, 4.69) is 0 Å². The molecule has 0 aromatic heterocycles. The quantitative estimate of drug-likeness (QED) is 0.0835. The molecule has 0 unspecified atom stereocenters. The number of methoxy groups -OCH3 is 2. The molecule has 304 valence electrons. The zero-order chi connectivity index (χ0) is 40.7. The molecule has 0 radical (unpaired) electrons. The Morgan fingerprint density at radius 2 is 1.29 bits per heavy atom. The monoisotopic (exact) mass is 788 g/mol. The normalized spacial score (nSPS) is 29.4. The third-order valence-corrected chi connectivity index (χ3v) is 9.42. The molecule has 2 aliphatic rings. The van der Waals surface area contributed by atoms with Crippen LogP contribution in [0.25, 0.3) is 10.8 Å². The molecular formula is C38H44O18. The molecule has 18 nitrogen and oxygen atoms in total. The van der Waals surface area contributed by atoms with Crippen LogP contribution < -0.4 is 0 Å². The van der Waals surface area contributed by atoms with Gasteiger partial charge in [-0.1, -0.05) is 66.7 Å². The molecule has 13 atom stereocenters. The van der Waals surface area contributed by atoms with Crippen LogP contribution in [0.3, 0.4) is 0 Å². The van der Waals surface area contributed by atoms with Gasteiger partial charge in [0.15, 0.2) is 37.0 Å². The number of carboxylic acids is 1. The number of fused-ring (bicyclic) bond motifs is 1. The molecule has 2 fully saturated rings. The number of hydrogen-bond acceptors (Lipinski definition) is 17. The van der Waals surface area contributed by atoms with E-state index in [1.54, 1.807) is 66.7 Å². The predicted octanol–water partition coefficient (Wildman–Crippen LogP) is -0.532. The van der Waals surface area contributed by atoms with E-state index in [1.807, 2.05) is 0 Å². The van der Waals surface area contributed by atoms with E-state index in [1.165, 1.54) is 13.0 Å². The number of aliphatic hydroxyl groups excluding tert-OH is 5. The molecule has 18 heteroatoms. The van der Waals surface area contributed by atoms with E-state index in [4.69, 9.17) is 37.9 Å². The fraction of sp³-hybridized carbons (Fsp3) is 0.474. The van der Waals surface area contributed by atoms with Crippen molar-refractivity contribution in [3.05, 3.63) is 83.9 Å². The average molecular weight is 789 g/mol. The Balaban J connectivity index is 1.50. The van der Waals surface area contributed by atoms with E-state index in [0.29, 0.717) is 16.3 Å². The van der Waals surface area contributed by atoms with E-state index in [9.17, 15) is 49.8 Å². The van der Waals surface area contributed by atoms with Crippen molar-refractivity contribution < 1.29 is 87.7 Å². The predicted molar refractivity (Wildman–Crippen MR) is 187 cm³/mol. The molecule has 0 saturated carbocycles. The molecule has 0 amide bonds. The van der Waals surface area contributed by atoms with Gasteiger partial charge in [-0.25, -0.2) is 19.2 Å². The highest BCUT2D eigenvalue weighted by Crippen LogP contribution is 2.32. The van der Waals surface area contributed by atoms with Crippen molar-refractivity contribution in [2.24, 2.45) is 0 Å². The largest absolute Gasteiger partial charge is 0.479 e. The third-order valence-electron chi connectivity index (χ3n) is 9.42. The maximum absolute atomic E-state index is 13.8. The smallest absolute Gasteiger partial charge is 0.339 e. The summed E-state index contributed by atoms with van der Waals surface area (Å²) in [6, 6.07) is 20.1. The summed E-state index contributed by atoms with van der Waals surface area (Å²) >= 11 is 0. The van der Waals surface area contributed by atoms with Crippen molar-refractivity contribution in [3.8, 4) is 0 Å². The van der Waals surface area contributed by atoms with Gasteiger partial charge in [-0.2, -0.15) is 0 Å². The lowest BCUT2D eigenvalue weighted by Crippen LogP contribution is -2.64. The first kappa shape index (κ1) is 42.5. The number of aliphatic hydroxyl groups is 5. The van der Waals surface area contributed by atoms with Crippen LogP contribution >= 0.6 is 0 Å². The number of ether oxygens (including phenoxy) is 8. The minimum absolute atomic E-state index is 0.0911. The third kappa shape index (κ3) is 9.49. The SMILES string of the molecule is COC(=O)[C@H](O[C@@H]1O[C@@H](C)[C@@H](O)[C@@H](O)[C@@H]1O)[C@@H](O[C@@H]1O[C@H](CO)[C@H](OC(=O)c2cccc3ccccc23)[C@H](O[C@H](Cc2ccccc2)C(=O)O)[C@H]1O)C(=O)OC. The first-order chi connectivity index (χ1) is 26.8. The summed E-state index contributed by atoms with van der Waals surface area (Å²) in [5.74, 6) is -5.02. The van der Waals surface area contributed by atoms with Crippen LogP contribution in [0.5, 0.6) is 0 Å². The molecule has 2 aliphatic heterocycles. The van der Waals surface area contributed by atoms with Gasteiger partial charge in [0, 0.05) is 6.42 Å². The lowest BCUT2D eigenvalue weighted by Gasteiger charge is -2.45. The van der Waals surface area contributed by atoms with Crippen LogP contribution in [0.1, 0.15) is 22.8 Å². The number of rotatable bonds is 15. The number of benzene rings is 3. The number of carbonyl (C=O) groups is 4. The molecule has 0 bridgehead atoms. The van der Waals surface area contributed by atoms with Gasteiger partial charge in [-0.05, 0) is 29.3 Å². The van der Waals surface area contributed by atoms with Gasteiger partial charge in [0.05, 0.1) is 32.5 Å². The Bertz CT molecular complexity index is 1800. The van der Waals surface area contributed by atoms with Crippen LogP contribution in [0.4, 0.5) is 0 Å². The second kappa shape index (κ2) is 19.0. The second-order valence-corrected chi connectivity index (χ2v) is 13.1. The molecule has 5 rings (SSSR count). The summed E-state index contributed by atoms with van der Waals surface area (Å²) in [6.07, 6.45) is -24.0. The summed E-state index contributed by atoms with van der Waals surface area (Å²) < 4.78 is 44.1. The van der Waals surface area contributed by atoms with E-state index >= 15 is 0 Å². The zero-order valence-electron chi connectivity index (χ0n) is 30.4. The minimum atomic E-state index is -2.21. The number of esters is 3. The molecule has 3 aromatic carbocycles. The molecular weight excluding hydrogens is 744 g/mol. The lowest BCUT2D eigenvalue weighted by molar-refractivity contribution is -0.337. The summed E-state index contributed by atoms with van der Waals surface area (Å²) in [6.45, 7) is 0.404. The van der Waals surface area contributed by atoms with Crippen molar-refractivity contribution in [2.45, 2.75) is 93.1 Å². The van der Waals surface area contributed by atoms with Crippen molar-refractivity contribution in [1.82, 2.24) is 0 Å². The van der Waals surface area contributed by atoms with Crippen LogP contribution in [0, 0.1) is 0 Å². The average Bonchev–Trinajstić information content (AvgIpc) is 3.21. The van der Waals surface area contributed by atoms with Crippen molar-refractivity contribution in [1.29, 1.82) is 0 Å². The second-order valence-electron chi connectivity index (χ2n) is 13.1. The highest BCUT2D eigenvalue weighted by Gasteiger charge is 2.54. The van der Waals surface area contributed by atoms with E-state index in [0.717, 1.165) is 14.2 Å². The first-order valence-electron chi connectivity index (χ1n) is 17.5. The topological polar surface area (TPSA) is 263 Å². The van der Waals surface area contributed by atoms with Gasteiger partial charge in [0.2, 0.25) is 0 Å². The fourth-order valence-electron chi connectivity index (χ4n) is 6.40. The summed E-state index contributed by atoms with van der Waals surface area (Å²) in [5.41, 5.74) is 0.619. The van der Waals surface area contributed by atoms with Gasteiger partial charge in [-0.3, -0.25) is 0 Å². The molecule has 2 heterocycles. The Labute approximate surface area is 320 Å². The van der Waals surface area contributed by atoms with Gasteiger partial charge < -0.3 is 68.5 Å². The standard InChI is InChI=1S/C38H44O18/c1-18-25(40)26(41)27(42)37(51-18)55-31(35(47)49-2)32(36(48)50-3)56-38-28(43)30(52-23(33(44)45)16-19-10-5-4-6-11-19)29(24(17-39)53-38)54-34(46)22-15-9-13-20-12-7-8-14-21(20)22/h4-15,18,23-32,37-43H,16-17H2,1-3H3,(H,44,45)/t18-,23+,24+,25+,26+,27-,28+,29-,30+,31+,32+,37-,38-/m0/s1. The first-order valence-corrected chi connectivity index (χ1v) is 17.5. The summed E-state index contributed by atoms with van der Waals surface area (Å²) in [5, 5.41) is 64.8. The number of carboxylic acid groups (broad SMARTS) is 1. The maximum atomic E-state index is 13.8. The van der Waals surface area contributed by atoms with Crippen LogP contribution in [-0.4, -0.2) is 155 Å². The van der Waals surface area contributed by atoms with Gasteiger partial charge in [0.25, 0.3) is 0 Å². The van der Waals surface area contributed by atoms with Crippen LogP contribution in [0.15, 0.2) is 72.8 Å². The fourth-order valence-corrected chi connectivity index (χ4v) is 6.40. The van der Waals surface area contributed by atoms with Crippen LogP contribution in [0.2, 0.25) is 0 Å². The van der Waals surface area contributed by atoms with Crippen molar-refractivity contribution in [2.75, 3.05) is 20.8 Å². The molecule has 56 heavy (non-hydrogen) atoms. The van der Waals surface area contributed by atoms with Crippen molar-refractivity contribution in [3.63, 3.8) is 0 Å². The highest BCUT2D eigenvalue weighted by atomic mass is 16.8. The Kier molecular flexibility index (Phi) is 14.5. The lowest BCUT2D eigenvalue weighted by atomic mass is 9.97. The highest BCUT2D eigenvalue weighted by molar-refractivity contribution is 6.04. The minimum Gasteiger partial charge on any atom is -0.479 e. The Hall–Kier alpha value is -4.60. The van der Waals surface area contributed by atoms with Gasteiger partial charge >= 0.3 is 23.9 Å². The van der Waals surface area contributed by atoms with E-state index in [-0.39, 0.29) is 12.0 Å². The molecule has 6 N–H and O–H groups in total. The zero-order valence-corrected chi connectivity index (χ0v) is 30.4. The van der Waals surface area contributed by atoms with Crippen molar-refractivity contribution >= 4 is 34.6 Å². The molecule has 3 aromatic rings. The van der Waals surface area contributed by atoms with Crippen LogP contribution in [-0.2, 0) is 58.7 Å². The molecule has 2 saturated heterocycles.